The van der Waals surface area contributed by atoms with Gasteiger partial charge in [-0.1, -0.05) is 12.1 Å². The number of aromatic nitrogens is 1. The van der Waals surface area contributed by atoms with E-state index in [1.54, 1.807) is 5.38 Å². The molecule has 0 bridgehead atoms. The number of nitrogens with one attached hydrogen (secondary N) is 2. The normalized spacial score (nSPS) is 10.2. The summed E-state index contributed by atoms with van der Waals surface area (Å²) in [5.41, 5.74) is 2.45. The third-order valence-corrected chi connectivity index (χ3v) is 3.16. The quantitative estimate of drug-likeness (QED) is 0.780. The molecule has 3 N–H and O–H groups in total. The number of nitrogens with zero attached hydrogens (tertiary/aromatic N) is 1. The maximum atomic E-state index is 11.6. The van der Waals surface area contributed by atoms with Gasteiger partial charge in [-0.3, -0.25) is 4.79 Å². The molecule has 0 aliphatic heterocycles. The SMILES string of the molecule is Cc1cccc(Nc2nc(C(=O)NCCO)cs2)c1. The number of aliphatic hydroxyl groups excluding tert-OH is 1. The average Bonchev–Trinajstić information content (AvgIpc) is 2.84. The first kappa shape index (κ1) is 13.5. The van der Waals surface area contributed by atoms with E-state index in [9.17, 15) is 4.79 Å². The number of aryl methyl sites for hydroxylation is 1. The van der Waals surface area contributed by atoms with Crippen LogP contribution in [-0.2, 0) is 0 Å². The first-order valence-corrected chi connectivity index (χ1v) is 6.75. The van der Waals surface area contributed by atoms with E-state index in [2.05, 4.69) is 15.6 Å². The number of anilines is 2. The van der Waals surface area contributed by atoms with Crippen LogP contribution >= 0.6 is 11.3 Å². The summed E-state index contributed by atoms with van der Waals surface area (Å²) in [5, 5.41) is 16.7. The van der Waals surface area contributed by atoms with E-state index in [0.717, 1.165) is 11.3 Å². The molecule has 2 aromatic rings. The summed E-state index contributed by atoms with van der Waals surface area (Å²) in [6.45, 7) is 2.17. The summed E-state index contributed by atoms with van der Waals surface area (Å²) in [7, 11) is 0. The van der Waals surface area contributed by atoms with Gasteiger partial charge in [0.15, 0.2) is 5.13 Å². The molecule has 0 fully saturated rings. The molecule has 5 nitrogen and oxygen atoms in total. The zero-order valence-corrected chi connectivity index (χ0v) is 11.3. The zero-order chi connectivity index (χ0) is 13.7. The van der Waals surface area contributed by atoms with Crippen LogP contribution in [0.15, 0.2) is 29.6 Å². The maximum absolute atomic E-state index is 11.6. The van der Waals surface area contributed by atoms with Crippen molar-refractivity contribution in [3.63, 3.8) is 0 Å². The van der Waals surface area contributed by atoms with E-state index >= 15 is 0 Å². The smallest absolute Gasteiger partial charge is 0.270 e. The number of aliphatic hydroxyl groups is 1. The number of hydrogen-bond acceptors (Lipinski definition) is 5. The molecule has 1 aromatic heterocycles. The Morgan fingerprint density at radius 1 is 1.47 bits per heavy atom. The fourth-order valence-corrected chi connectivity index (χ4v) is 2.25. The molecule has 0 saturated carbocycles. The van der Waals surface area contributed by atoms with Crippen LogP contribution in [0.1, 0.15) is 16.1 Å². The van der Waals surface area contributed by atoms with Crippen LogP contribution in [0.5, 0.6) is 0 Å². The average molecular weight is 277 g/mol. The number of thiazole rings is 1. The Labute approximate surface area is 115 Å². The van der Waals surface area contributed by atoms with Crippen LogP contribution in [0.3, 0.4) is 0 Å². The number of amides is 1. The minimum absolute atomic E-state index is 0.0791. The first-order valence-electron chi connectivity index (χ1n) is 5.87. The van der Waals surface area contributed by atoms with Gasteiger partial charge in [0.2, 0.25) is 0 Å². The molecular weight excluding hydrogens is 262 g/mol. The van der Waals surface area contributed by atoms with Crippen LogP contribution in [0, 0.1) is 6.92 Å². The van der Waals surface area contributed by atoms with Crippen molar-refractivity contribution in [1.82, 2.24) is 10.3 Å². The van der Waals surface area contributed by atoms with E-state index in [0.29, 0.717) is 10.8 Å². The van der Waals surface area contributed by atoms with Crippen molar-refractivity contribution in [2.75, 3.05) is 18.5 Å². The maximum Gasteiger partial charge on any atom is 0.270 e. The van der Waals surface area contributed by atoms with Gasteiger partial charge >= 0.3 is 0 Å². The van der Waals surface area contributed by atoms with Gasteiger partial charge in [0, 0.05) is 17.6 Å². The van der Waals surface area contributed by atoms with Crippen molar-refractivity contribution >= 4 is 28.1 Å². The Hall–Kier alpha value is -1.92. The number of hydrogen-bond donors (Lipinski definition) is 3. The summed E-state index contributed by atoms with van der Waals surface area (Å²) < 4.78 is 0. The molecule has 1 amide bonds. The minimum Gasteiger partial charge on any atom is -0.395 e. The summed E-state index contributed by atoms with van der Waals surface area (Å²) in [6, 6.07) is 7.92. The van der Waals surface area contributed by atoms with Gasteiger partial charge in [-0.2, -0.15) is 0 Å². The molecule has 6 heteroatoms. The number of benzene rings is 1. The molecule has 0 radical (unpaired) electrons. The molecule has 0 aliphatic rings. The lowest BCUT2D eigenvalue weighted by atomic mass is 10.2. The summed E-state index contributed by atoms with van der Waals surface area (Å²) in [6.07, 6.45) is 0. The second-order valence-corrected chi connectivity index (χ2v) is 4.87. The predicted octanol–water partition coefficient (Wildman–Crippen LogP) is 1.92. The lowest BCUT2D eigenvalue weighted by Crippen LogP contribution is -2.26. The third kappa shape index (κ3) is 3.77. The molecule has 0 saturated heterocycles. The Kier molecular flexibility index (Phi) is 4.48. The second-order valence-electron chi connectivity index (χ2n) is 4.01. The third-order valence-electron chi connectivity index (χ3n) is 2.40. The highest BCUT2D eigenvalue weighted by Crippen LogP contribution is 2.21. The van der Waals surface area contributed by atoms with Gasteiger partial charge in [0.25, 0.3) is 5.91 Å². The van der Waals surface area contributed by atoms with E-state index in [1.165, 1.54) is 11.3 Å². The van der Waals surface area contributed by atoms with Crippen molar-refractivity contribution in [3.8, 4) is 0 Å². The molecule has 19 heavy (non-hydrogen) atoms. The van der Waals surface area contributed by atoms with Gasteiger partial charge < -0.3 is 15.7 Å². The van der Waals surface area contributed by atoms with Crippen molar-refractivity contribution in [2.24, 2.45) is 0 Å². The fourth-order valence-electron chi connectivity index (χ4n) is 1.54. The number of carbonyl (C=O) groups is 1. The fraction of sp³-hybridized carbons (Fsp3) is 0.231. The standard InChI is InChI=1S/C13H15N3O2S/c1-9-3-2-4-10(7-9)15-13-16-11(8-19-13)12(18)14-5-6-17/h2-4,7-8,17H,5-6H2,1H3,(H,14,18)(H,15,16). The van der Waals surface area contributed by atoms with Crippen molar-refractivity contribution in [3.05, 3.63) is 40.9 Å². The van der Waals surface area contributed by atoms with E-state index in [1.807, 2.05) is 31.2 Å². The van der Waals surface area contributed by atoms with E-state index < -0.39 is 0 Å². The highest BCUT2D eigenvalue weighted by atomic mass is 32.1. The monoisotopic (exact) mass is 277 g/mol. The molecule has 0 aliphatic carbocycles. The number of rotatable bonds is 5. The van der Waals surface area contributed by atoms with Crippen LogP contribution in [0.4, 0.5) is 10.8 Å². The van der Waals surface area contributed by atoms with E-state index in [4.69, 9.17) is 5.11 Å². The van der Waals surface area contributed by atoms with Crippen LogP contribution < -0.4 is 10.6 Å². The topological polar surface area (TPSA) is 74.2 Å². The highest BCUT2D eigenvalue weighted by molar-refractivity contribution is 7.14. The van der Waals surface area contributed by atoms with Gasteiger partial charge in [-0.15, -0.1) is 11.3 Å². The lowest BCUT2D eigenvalue weighted by molar-refractivity contribution is 0.0940. The van der Waals surface area contributed by atoms with Crippen molar-refractivity contribution in [2.45, 2.75) is 6.92 Å². The zero-order valence-electron chi connectivity index (χ0n) is 10.5. The molecule has 0 spiro atoms. The molecule has 100 valence electrons. The molecule has 1 aromatic carbocycles. The molecule has 1 heterocycles. The Morgan fingerprint density at radius 2 is 2.32 bits per heavy atom. The van der Waals surface area contributed by atoms with Crippen molar-refractivity contribution in [1.29, 1.82) is 0 Å². The predicted molar refractivity (Wildman–Crippen MR) is 76.0 cm³/mol. The first-order chi connectivity index (χ1) is 9.19. The van der Waals surface area contributed by atoms with Crippen LogP contribution in [0.2, 0.25) is 0 Å². The molecule has 0 unspecified atom stereocenters. The summed E-state index contributed by atoms with van der Waals surface area (Å²) >= 11 is 1.37. The molecule has 0 atom stereocenters. The summed E-state index contributed by atoms with van der Waals surface area (Å²) in [5.74, 6) is -0.275. The van der Waals surface area contributed by atoms with E-state index in [-0.39, 0.29) is 19.1 Å². The van der Waals surface area contributed by atoms with Crippen LogP contribution in [0.25, 0.3) is 0 Å². The van der Waals surface area contributed by atoms with Crippen LogP contribution in [-0.4, -0.2) is 29.1 Å². The van der Waals surface area contributed by atoms with Gasteiger partial charge in [-0.05, 0) is 24.6 Å². The largest absolute Gasteiger partial charge is 0.395 e. The van der Waals surface area contributed by atoms with Crippen molar-refractivity contribution < 1.29 is 9.90 Å². The number of carbonyl (C=O) groups excluding carboxylic acids is 1. The van der Waals surface area contributed by atoms with Gasteiger partial charge in [0.1, 0.15) is 5.69 Å². The minimum atomic E-state index is -0.275. The highest BCUT2D eigenvalue weighted by Gasteiger charge is 2.10. The van der Waals surface area contributed by atoms with Gasteiger partial charge in [0.05, 0.1) is 6.61 Å². The summed E-state index contributed by atoms with van der Waals surface area (Å²) in [4.78, 5) is 15.8. The Morgan fingerprint density at radius 3 is 3.05 bits per heavy atom. The van der Waals surface area contributed by atoms with Gasteiger partial charge in [-0.25, -0.2) is 4.98 Å². The molecule has 2 rings (SSSR count). The lowest BCUT2D eigenvalue weighted by Gasteiger charge is -2.03. The second kappa shape index (κ2) is 6.31. The molecular formula is C13H15N3O2S. The Bertz CT molecular complexity index is 569. The Balaban J connectivity index is 2.03.